The highest BCUT2D eigenvalue weighted by Gasteiger charge is 2.33. The Balaban J connectivity index is 1.73. The van der Waals surface area contributed by atoms with Gasteiger partial charge in [-0.05, 0) is 29.8 Å². The number of hydrogen-bond acceptors (Lipinski definition) is 2. The normalized spacial score (nSPS) is 17.2. The van der Waals surface area contributed by atoms with Gasteiger partial charge in [-0.15, -0.1) is 6.58 Å². The topological polar surface area (TPSA) is 38.1 Å². The van der Waals surface area contributed by atoms with Crippen LogP contribution in [0.2, 0.25) is 5.02 Å². The number of amides is 1. The number of likely N-dealkylation sites (tertiary alicyclic amines) is 1. The third kappa shape index (κ3) is 3.13. The summed E-state index contributed by atoms with van der Waals surface area (Å²) in [6.07, 6.45) is 2.27. The zero-order valence-corrected chi connectivity index (χ0v) is 15.2. The molecule has 4 rings (SSSR count). The molecule has 5 heteroatoms. The second-order valence-electron chi connectivity index (χ2n) is 6.66. The van der Waals surface area contributed by atoms with Gasteiger partial charge in [0.15, 0.2) is 0 Å². The molecule has 3 aromatic rings. The van der Waals surface area contributed by atoms with Crippen LogP contribution in [0.25, 0.3) is 11.0 Å². The fourth-order valence-electron chi connectivity index (χ4n) is 3.62. The molecule has 132 valence electrons. The predicted octanol–water partition coefficient (Wildman–Crippen LogP) is 4.24. The average Bonchev–Trinajstić information content (AvgIpc) is 3.18. The summed E-state index contributed by atoms with van der Waals surface area (Å²) in [6, 6.07) is 16.0. The van der Waals surface area contributed by atoms with E-state index in [4.69, 9.17) is 16.6 Å². The lowest BCUT2D eigenvalue weighted by molar-refractivity contribution is -0.127. The number of para-hydroxylation sites is 2. The summed E-state index contributed by atoms with van der Waals surface area (Å²) < 4.78 is 2.23. The van der Waals surface area contributed by atoms with Gasteiger partial charge >= 0.3 is 0 Å². The molecule has 1 fully saturated rings. The largest absolute Gasteiger partial charge is 0.338 e. The number of aromatic nitrogens is 2. The van der Waals surface area contributed by atoms with E-state index in [0.717, 1.165) is 27.4 Å². The summed E-state index contributed by atoms with van der Waals surface area (Å²) >= 11 is 6.02. The van der Waals surface area contributed by atoms with Crippen LogP contribution in [0.1, 0.15) is 23.7 Å². The van der Waals surface area contributed by atoms with E-state index in [1.807, 2.05) is 47.4 Å². The summed E-state index contributed by atoms with van der Waals surface area (Å²) in [5.41, 5.74) is 3.21. The van der Waals surface area contributed by atoms with E-state index >= 15 is 0 Å². The highest BCUT2D eigenvalue weighted by atomic mass is 35.5. The van der Waals surface area contributed by atoms with Crippen molar-refractivity contribution < 1.29 is 4.79 Å². The molecule has 2 heterocycles. The summed E-state index contributed by atoms with van der Waals surface area (Å²) in [5.74, 6) is 1.24. The molecular weight excluding hydrogens is 346 g/mol. The SMILES string of the molecule is C=CCN1C[C@H](c2nc3ccccc3n2Cc2ccc(Cl)cc2)CC1=O. The Kier molecular flexibility index (Phi) is 4.51. The Morgan fingerprint density at radius 1 is 1.19 bits per heavy atom. The Morgan fingerprint density at radius 2 is 1.96 bits per heavy atom. The number of rotatable bonds is 5. The fourth-order valence-corrected chi connectivity index (χ4v) is 3.75. The number of carbonyl (C=O) groups is 1. The van der Waals surface area contributed by atoms with Gasteiger partial charge in [0, 0.05) is 37.0 Å². The first-order valence-electron chi connectivity index (χ1n) is 8.74. The first kappa shape index (κ1) is 16.9. The molecule has 0 radical (unpaired) electrons. The minimum atomic E-state index is 0.0992. The predicted molar refractivity (Wildman–Crippen MR) is 104 cm³/mol. The molecule has 1 amide bonds. The van der Waals surface area contributed by atoms with Crippen LogP contribution < -0.4 is 0 Å². The Labute approximate surface area is 157 Å². The van der Waals surface area contributed by atoms with E-state index in [0.29, 0.717) is 26.1 Å². The smallest absolute Gasteiger partial charge is 0.223 e. The van der Waals surface area contributed by atoms with Crippen LogP contribution in [0.5, 0.6) is 0 Å². The summed E-state index contributed by atoms with van der Waals surface area (Å²) in [7, 11) is 0. The molecule has 1 aliphatic heterocycles. The standard InChI is InChI=1S/C21H20ClN3O/c1-2-11-24-14-16(12-20(24)26)21-23-18-5-3-4-6-19(18)25(21)13-15-7-9-17(22)10-8-15/h2-10,16H,1,11-14H2/t16-/m1/s1. The van der Waals surface area contributed by atoms with Crippen molar-refractivity contribution in [3.05, 3.63) is 77.6 Å². The van der Waals surface area contributed by atoms with Crippen LogP contribution in [-0.4, -0.2) is 33.4 Å². The van der Waals surface area contributed by atoms with Crippen molar-refractivity contribution >= 4 is 28.5 Å². The second-order valence-corrected chi connectivity index (χ2v) is 7.10. The number of hydrogen-bond donors (Lipinski definition) is 0. The van der Waals surface area contributed by atoms with E-state index in [-0.39, 0.29) is 11.8 Å². The molecule has 0 spiro atoms. The molecule has 1 atom stereocenters. The summed E-state index contributed by atoms with van der Waals surface area (Å²) in [4.78, 5) is 19.0. The number of benzene rings is 2. The van der Waals surface area contributed by atoms with Crippen molar-refractivity contribution in [3.8, 4) is 0 Å². The highest BCUT2D eigenvalue weighted by Crippen LogP contribution is 2.31. The molecule has 2 aromatic carbocycles. The zero-order valence-electron chi connectivity index (χ0n) is 14.4. The molecule has 1 aromatic heterocycles. The first-order valence-corrected chi connectivity index (χ1v) is 9.12. The third-order valence-corrected chi connectivity index (χ3v) is 5.12. The molecular formula is C21H20ClN3O. The lowest BCUT2D eigenvalue weighted by Gasteiger charge is -2.16. The van der Waals surface area contributed by atoms with Gasteiger partial charge in [-0.1, -0.05) is 41.9 Å². The van der Waals surface area contributed by atoms with Crippen molar-refractivity contribution in [3.63, 3.8) is 0 Å². The van der Waals surface area contributed by atoms with Gasteiger partial charge < -0.3 is 9.47 Å². The summed E-state index contributed by atoms with van der Waals surface area (Å²) in [6.45, 7) is 5.73. The van der Waals surface area contributed by atoms with Crippen LogP contribution in [0.4, 0.5) is 0 Å². The van der Waals surface area contributed by atoms with E-state index in [1.54, 1.807) is 6.08 Å². The average molecular weight is 366 g/mol. The highest BCUT2D eigenvalue weighted by molar-refractivity contribution is 6.30. The van der Waals surface area contributed by atoms with Crippen LogP contribution in [0.15, 0.2) is 61.2 Å². The zero-order chi connectivity index (χ0) is 18.1. The lowest BCUT2D eigenvalue weighted by Crippen LogP contribution is -2.25. The third-order valence-electron chi connectivity index (χ3n) is 4.87. The molecule has 0 saturated carbocycles. The number of fused-ring (bicyclic) bond motifs is 1. The van der Waals surface area contributed by atoms with E-state index in [9.17, 15) is 4.79 Å². The van der Waals surface area contributed by atoms with Crippen LogP contribution in [-0.2, 0) is 11.3 Å². The molecule has 26 heavy (non-hydrogen) atoms. The number of carbonyl (C=O) groups excluding carboxylic acids is 1. The van der Waals surface area contributed by atoms with Crippen molar-refractivity contribution in [2.45, 2.75) is 18.9 Å². The minimum absolute atomic E-state index is 0.0992. The number of imidazole rings is 1. The van der Waals surface area contributed by atoms with Gasteiger partial charge in [0.25, 0.3) is 0 Å². The Hall–Kier alpha value is -2.59. The van der Waals surface area contributed by atoms with Gasteiger partial charge in [-0.25, -0.2) is 4.98 Å². The van der Waals surface area contributed by atoms with Gasteiger partial charge in [0.1, 0.15) is 5.82 Å². The minimum Gasteiger partial charge on any atom is -0.338 e. The van der Waals surface area contributed by atoms with Crippen molar-refractivity contribution in [1.82, 2.24) is 14.5 Å². The maximum atomic E-state index is 12.3. The van der Waals surface area contributed by atoms with Crippen LogP contribution in [0, 0.1) is 0 Å². The van der Waals surface area contributed by atoms with Crippen LogP contribution >= 0.6 is 11.6 Å². The van der Waals surface area contributed by atoms with E-state index in [1.165, 1.54) is 0 Å². The molecule has 0 N–H and O–H groups in total. The molecule has 0 bridgehead atoms. The first-order chi connectivity index (χ1) is 12.7. The van der Waals surface area contributed by atoms with Crippen molar-refractivity contribution in [2.24, 2.45) is 0 Å². The molecule has 1 saturated heterocycles. The second kappa shape index (κ2) is 6.96. The Bertz CT molecular complexity index is 961. The molecule has 0 aliphatic carbocycles. The quantitative estimate of drug-likeness (QED) is 0.634. The van der Waals surface area contributed by atoms with Gasteiger partial charge in [-0.2, -0.15) is 0 Å². The number of nitrogens with zero attached hydrogens (tertiary/aromatic N) is 3. The lowest BCUT2D eigenvalue weighted by atomic mass is 10.1. The molecule has 1 aliphatic rings. The summed E-state index contributed by atoms with van der Waals surface area (Å²) in [5, 5.41) is 0.728. The van der Waals surface area contributed by atoms with Gasteiger partial charge in [-0.3, -0.25) is 4.79 Å². The molecule has 4 nitrogen and oxygen atoms in total. The maximum absolute atomic E-state index is 12.3. The van der Waals surface area contributed by atoms with Crippen molar-refractivity contribution in [2.75, 3.05) is 13.1 Å². The van der Waals surface area contributed by atoms with Crippen molar-refractivity contribution in [1.29, 1.82) is 0 Å². The van der Waals surface area contributed by atoms with E-state index < -0.39 is 0 Å². The maximum Gasteiger partial charge on any atom is 0.223 e. The Morgan fingerprint density at radius 3 is 2.73 bits per heavy atom. The fraction of sp³-hybridized carbons (Fsp3) is 0.238. The van der Waals surface area contributed by atoms with Gasteiger partial charge in [0.2, 0.25) is 5.91 Å². The van der Waals surface area contributed by atoms with Gasteiger partial charge in [0.05, 0.1) is 11.0 Å². The molecule has 0 unspecified atom stereocenters. The monoisotopic (exact) mass is 365 g/mol. The number of halogens is 1. The van der Waals surface area contributed by atoms with Crippen LogP contribution in [0.3, 0.4) is 0 Å². The van der Waals surface area contributed by atoms with E-state index in [2.05, 4.69) is 17.2 Å².